The predicted octanol–water partition coefficient (Wildman–Crippen LogP) is 1.77. The topological polar surface area (TPSA) is 182 Å². The standard InChI is InChI=1S/C29H42N4O7S/c34-26(21-11-12-21)27(35)24(14-20-9-5-2-6-10-20)32-29(37)25(15-23-16-30-18-31-23)33-28(36)22(17-41(38,39)40)13-19-7-3-1-4-8-19/h1,3-4,7-8,16,18,20-22,24-27,34-35H,2,5-6,9-15,17H2,(H,30,31)(H,32,37)(H,33,36)(H,38,39,40)/t22?,24-,25-,26-,27+/m0/s1. The van der Waals surface area contributed by atoms with Gasteiger partial charge in [0.25, 0.3) is 10.1 Å². The summed E-state index contributed by atoms with van der Waals surface area (Å²) in [4.78, 5) is 34.0. The molecule has 12 heteroatoms. The third-order valence-corrected chi connectivity index (χ3v) is 9.05. The summed E-state index contributed by atoms with van der Waals surface area (Å²) in [6, 6.07) is 7.00. The van der Waals surface area contributed by atoms with Gasteiger partial charge < -0.3 is 25.8 Å². The second-order valence-electron chi connectivity index (χ2n) is 11.7. The zero-order chi connectivity index (χ0) is 29.4. The largest absolute Gasteiger partial charge is 0.390 e. The minimum absolute atomic E-state index is 0.00965. The number of H-pyrrole nitrogens is 1. The van der Waals surface area contributed by atoms with Crippen LogP contribution in [0, 0.1) is 17.8 Å². The molecule has 2 aliphatic rings. The van der Waals surface area contributed by atoms with Crippen LogP contribution in [-0.2, 0) is 32.5 Å². The van der Waals surface area contributed by atoms with Crippen molar-refractivity contribution in [3.05, 3.63) is 54.1 Å². The molecule has 1 heterocycles. The number of hydrogen-bond acceptors (Lipinski definition) is 7. The van der Waals surface area contributed by atoms with Gasteiger partial charge in [0, 0.05) is 18.3 Å². The SMILES string of the molecule is O=C(N[C@@H](Cc1cnc[nH]1)C(=O)N[C@@H](CC1CCCCC1)[C@@H](O)[C@@H](O)C1CC1)C(Cc1ccccc1)CS(=O)(=O)O. The number of amides is 2. The summed E-state index contributed by atoms with van der Waals surface area (Å²) in [5.41, 5.74) is 1.28. The summed E-state index contributed by atoms with van der Waals surface area (Å²) < 4.78 is 33.1. The lowest BCUT2D eigenvalue weighted by Gasteiger charge is -2.33. The summed E-state index contributed by atoms with van der Waals surface area (Å²) in [5.74, 6) is -2.89. The molecule has 0 spiro atoms. The summed E-state index contributed by atoms with van der Waals surface area (Å²) in [6.07, 6.45) is 8.44. The van der Waals surface area contributed by atoms with Gasteiger partial charge >= 0.3 is 0 Å². The molecule has 41 heavy (non-hydrogen) atoms. The lowest BCUT2D eigenvalue weighted by atomic mass is 9.82. The fraction of sp³-hybridized carbons (Fsp3) is 0.621. The Morgan fingerprint density at radius 1 is 0.976 bits per heavy atom. The van der Waals surface area contributed by atoms with E-state index in [0.29, 0.717) is 23.6 Å². The van der Waals surface area contributed by atoms with Gasteiger partial charge in [-0.05, 0) is 43.1 Å². The Morgan fingerprint density at radius 3 is 2.29 bits per heavy atom. The van der Waals surface area contributed by atoms with Crippen LogP contribution in [0.3, 0.4) is 0 Å². The Bertz CT molecular complexity index is 1220. The quantitative estimate of drug-likeness (QED) is 0.170. The van der Waals surface area contributed by atoms with Gasteiger partial charge in [0.05, 0.1) is 30.1 Å². The molecule has 1 unspecified atom stereocenters. The van der Waals surface area contributed by atoms with E-state index in [4.69, 9.17) is 0 Å². The molecule has 1 aromatic carbocycles. The van der Waals surface area contributed by atoms with Gasteiger partial charge in [0.15, 0.2) is 0 Å². The average molecular weight is 591 g/mol. The molecule has 5 atom stereocenters. The molecule has 4 rings (SSSR count). The second kappa shape index (κ2) is 14.4. The number of aliphatic hydroxyl groups is 2. The first-order valence-corrected chi connectivity index (χ1v) is 16.1. The van der Waals surface area contributed by atoms with Gasteiger partial charge in [-0.2, -0.15) is 8.42 Å². The summed E-state index contributed by atoms with van der Waals surface area (Å²) >= 11 is 0. The molecule has 0 radical (unpaired) electrons. The van der Waals surface area contributed by atoms with Gasteiger partial charge in [0.1, 0.15) is 12.1 Å². The van der Waals surface area contributed by atoms with Crippen LogP contribution in [0.25, 0.3) is 0 Å². The number of rotatable bonds is 15. The Morgan fingerprint density at radius 2 is 1.68 bits per heavy atom. The van der Waals surface area contributed by atoms with Crippen molar-refractivity contribution in [1.29, 1.82) is 0 Å². The van der Waals surface area contributed by atoms with Crippen molar-refractivity contribution in [1.82, 2.24) is 20.6 Å². The number of hydrogen-bond donors (Lipinski definition) is 6. The van der Waals surface area contributed by atoms with E-state index in [1.807, 2.05) is 0 Å². The minimum Gasteiger partial charge on any atom is -0.390 e. The highest BCUT2D eigenvalue weighted by Crippen LogP contribution is 2.36. The van der Waals surface area contributed by atoms with Crippen LogP contribution in [0.2, 0.25) is 0 Å². The molecular formula is C29H42N4O7S. The average Bonchev–Trinajstić information content (AvgIpc) is 3.67. The molecule has 11 nitrogen and oxygen atoms in total. The summed E-state index contributed by atoms with van der Waals surface area (Å²) in [7, 11) is -4.49. The van der Waals surface area contributed by atoms with Crippen molar-refractivity contribution in [2.75, 3.05) is 5.75 Å². The van der Waals surface area contributed by atoms with Crippen molar-refractivity contribution in [3.8, 4) is 0 Å². The molecule has 2 aromatic rings. The number of carbonyl (C=O) groups is 2. The van der Waals surface area contributed by atoms with Crippen molar-refractivity contribution >= 4 is 21.9 Å². The van der Waals surface area contributed by atoms with Gasteiger partial charge in [-0.15, -0.1) is 0 Å². The third-order valence-electron chi connectivity index (χ3n) is 8.23. The van der Waals surface area contributed by atoms with E-state index in [1.54, 1.807) is 30.3 Å². The molecule has 0 aliphatic heterocycles. The molecule has 2 fully saturated rings. The number of aromatic nitrogens is 2. The second-order valence-corrected chi connectivity index (χ2v) is 13.1. The monoisotopic (exact) mass is 590 g/mol. The van der Waals surface area contributed by atoms with Gasteiger partial charge in [-0.25, -0.2) is 4.98 Å². The maximum atomic E-state index is 13.7. The molecule has 6 N–H and O–H groups in total. The van der Waals surface area contributed by atoms with Crippen LogP contribution < -0.4 is 10.6 Å². The maximum absolute atomic E-state index is 13.7. The number of aromatic amines is 1. The number of nitrogens with one attached hydrogen (secondary N) is 3. The molecule has 2 amide bonds. The zero-order valence-corrected chi connectivity index (χ0v) is 24.0. The van der Waals surface area contributed by atoms with Crippen molar-refractivity contribution in [3.63, 3.8) is 0 Å². The Hall–Kier alpha value is -2.80. The van der Waals surface area contributed by atoms with E-state index >= 15 is 0 Å². The molecule has 1 aromatic heterocycles. The number of aliphatic hydroxyl groups excluding tert-OH is 2. The zero-order valence-electron chi connectivity index (χ0n) is 23.2. The lowest BCUT2D eigenvalue weighted by molar-refractivity contribution is -0.132. The van der Waals surface area contributed by atoms with Crippen LogP contribution in [0.15, 0.2) is 42.9 Å². The molecule has 226 valence electrons. The number of imidazole rings is 1. The van der Waals surface area contributed by atoms with Gasteiger partial charge in [-0.3, -0.25) is 14.1 Å². The van der Waals surface area contributed by atoms with E-state index in [2.05, 4.69) is 20.6 Å². The number of benzene rings is 1. The molecule has 0 bridgehead atoms. The molecular weight excluding hydrogens is 548 g/mol. The van der Waals surface area contributed by atoms with Crippen molar-refractivity contribution in [2.24, 2.45) is 17.8 Å². The molecule has 2 aliphatic carbocycles. The highest BCUT2D eigenvalue weighted by atomic mass is 32.2. The van der Waals surface area contributed by atoms with E-state index in [-0.39, 0.29) is 18.8 Å². The Balaban J connectivity index is 1.52. The highest BCUT2D eigenvalue weighted by Gasteiger charge is 2.40. The first-order valence-electron chi connectivity index (χ1n) is 14.5. The lowest BCUT2D eigenvalue weighted by Crippen LogP contribution is -2.57. The normalized spacial score (nSPS) is 20.0. The van der Waals surface area contributed by atoms with Crippen LogP contribution in [0.1, 0.15) is 62.6 Å². The minimum atomic E-state index is -4.49. The van der Waals surface area contributed by atoms with Gasteiger partial charge in [-0.1, -0.05) is 62.4 Å². The van der Waals surface area contributed by atoms with Crippen molar-refractivity contribution in [2.45, 2.75) is 88.5 Å². The fourth-order valence-corrected chi connectivity index (χ4v) is 6.58. The Labute approximate surface area is 241 Å². The Kier molecular flexibility index (Phi) is 10.9. The highest BCUT2D eigenvalue weighted by molar-refractivity contribution is 7.85. The molecule has 2 saturated carbocycles. The van der Waals surface area contributed by atoms with Crippen LogP contribution in [0.4, 0.5) is 0 Å². The van der Waals surface area contributed by atoms with Gasteiger partial charge in [0.2, 0.25) is 11.8 Å². The molecule has 0 saturated heterocycles. The predicted molar refractivity (Wildman–Crippen MR) is 152 cm³/mol. The van der Waals surface area contributed by atoms with E-state index in [9.17, 15) is 32.8 Å². The first-order chi connectivity index (χ1) is 19.6. The van der Waals surface area contributed by atoms with E-state index < -0.39 is 57.9 Å². The summed E-state index contributed by atoms with van der Waals surface area (Å²) in [6.45, 7) is 0. The maximum Gasteiger partial charge on any atom is 0.265 e. The van der Waals surface area contributed by atoms with Crippen LogP contribution in [0.5, 0.6) is 0 Å². The fourth-order valence-electron chi connectivity index (χ4n) is 5.80. The number of carbonyl (C=O) groups excluding carboxylic acids is 2. The number of nitrogens with zero attached hydrogens (tertiary/aromatic N) is 1. The van der Waals surface area contributed by atoms with Crippen LogP contribution >= 0.6 is 0 Å². The summed E-state index contributed by atoms with van der Waals surface area (Å²) in [5, 5.41) is 27.4. The smallest absolute Gasteiger partial charge is 0.265 e. The third kappa shape index (κ3) is 9.91. The van der Waals surface area contributed by atoms with E-state index in [1.165, 1.54) is 12.5 Å². The van der Waals surface area contributed by atoms with E-state index in [0.717, 1.165) is 44.9 Å². The van der Waals surface area contributed by atoms with Crippen LogP contribution in [-0.4, -0.2) is 75.0 Å². The first kappa shape index (κ1) is 31.1. The van der Waals surface area contributed by atoms with Crippen molar-refractivity contribution < 1.29 is 32.8 Å².